The summed E-state index contributed by atoms with van der Waals surface area (Å²) in [6.07, 6.45) is 0. The standard InChI is InChI=1S/C15H4Cl10O4/c1-15(14(26)27,28-12-8(22)4(18)2(16)5(19)9(12)23)29-13-10(24)6(20)3(17)7(21)11(13)25/h1H3,(H,26,27). The smallest absolute Gasteiger partial charge is 0.390 e. The van der Waals surface area contributed by atoms with Crippen molar-refractivity contribution < 1.29 is 19.4 Å². The molecule has 4 nitrogen and oxygen atoms in total. The van der Waals surface area contributed by atoms with Gasteiger partial charge in [0.05, 0.1) is 30.1 Å². The monoisotopic (exact) mass is 598 g/mol. The van der Waals surface area contributed by atoms with Crippen molar-refractivity contribution in [3.05, 3.63) is 50.2 Å². The largest absolute Gasteiger partial charge is 0.475 e. The van der Waals surface area contributed by atoms with Crippen molar-refractivity contribution in [2.45, 2.75) is 12.7 Å². The number of halogens is 10. The molecule has 0 saturated carbocycles. The molecule has 0 bridgehead atoms. The van der Waals surface area contributed by atoms with Crippen LogP contribution in [-0.2, 0) is 4.79 Å². The van der Waals surface area contributed by atoms with E-state index in [0.29, 0.717) is 0 Å². The Hall–Kier alpha value is 0.410. The van der Waals surface area contributed by atoms with E-state index in [1.807, 2.05) is 0 Å². The van der Waals surface area contributed by atoms with Gasteiger partial charge in [0.1, 0.15) is 20.1 Å². The molecule has 2 aromatic rings. The van der Waals surface area contributed by atoms with Crippen molar-refractivity contribution in [3.63, 3.8) is 0 Å². The number of rotatable bonds is 5. The molecule has 0 aliphatic rings. The summed E-state index contributed by atoms with van der Waals surface area (Å²) in [7, 11) is 0. The van der Waals surface area contributed by atoms with Gasteiger partial charge in [0.25, 0.3) is 0 Å². The highest BCUT2D eigenvalue weighted by Crippen LogP contribution is 2.51. The molecule has 0 fully saturated rings. The maximum atomic E-state index is 11.9. The number of hydrogen-bond donors (Lipinski definition) is 1. The van der Waals surface area contributed by atoms with E-state index in [1.54, 1.807) is 0 Å². The van der Waals surface area contributed by atoms with Crippen LogP contribution in [0.3, 0.4) is 0 Å². The number of carbonyl (C=O) groups is 1. The lowest BCUT2D eigenvalue weighted by Crippen LogP contribution is -2.47. The van der Waals surface area contributed by atoms with Crippen LogP contribution in [0.25, 0.3) is 0 Å². The molecule has 158 valence electrons. The zero-order chi connectivity index (χ0) is 22.4. The van der Waals surface area contributed by atoms with Crippen LogP contribution in [0.5, 0.6) is 11.5 Å². The van der Waals surface area contributed by atoms with Gasteiger partial charge in [-0.3, -0.25) is 0 Å². The number of ether oxygens (including phenoxy) is 2. The molecule has 0 radical (unpaired) electrons. The third kappa shape index (κ3) is 4.78. The second kappa shape index (κ2) is 9.50. The molecule has 2 aromatic carbocycles. The fourth-order valence-electron chi connectivity index (χ4n) is 1.85. The Kier molecular flexibility index (Phi) is 8.41. The van der Waals surface area contributed by atoms with Crippen molar-refractivity contribution in [3.8, 4) is 11.5 Å². The molecule has 0 aliphatic carbocycles. The summed E-state index contributed by atoms with van der Waals surface area (Å²) in [5.41, 5.74) is 0. The number of aliphatic carboxylic acids is 1. The summed E-state index contributed by atoms with van der Waals surface area (Å²) >= 11 is 60.0. The third-order valence-corrected chi connectivity index (χ3v) is 7.81. The van der Waals surface area contributed by atoms with Crippen LogP contribution in [-0.4, -0.2) is 16.9 Å². The predicted molar refractivity (Wildman–Crippen MR) is 120 cm³/mol. The molecular formula is C15H4Cl10O4. The van der Waals surface area contributed by atoms with Gasteiger partial charge in [-0.05, 0) is 0 Å². The zero-order valence-corrected chi connectivity index (χ0v) is 21.0. The van der Waals surface area contributed by atoms with Crippen molar-refractivity contribution in [2.75, 3.05) is 0 Å². The van der Waals surface area contributed by atoms with E-state index in [9.17, 15) is 9.90 Å². The molecule has 1 N–H and O–H groups in total. The summed E-state index contributed by atoms with van der Waals surface area (Å²) in [5, 5.41) is 7.24. The van der Waals surface area contributed by atoms with Crippen LogP contribution in [0, 0.1) is 0 Å². The molecule has 0 atom stereocenters. The molecule has 29 heavy (non-hydrogen) atoms. The van der Waals surface area contributed by atoms with Gasteiger partial charge in [0.15, 0.2) is 11.5 Å². The lowest BCUT2D eigenvalue weighted by molar-refractivity contribution is -0.180. The third-order valence-electron chi connectivity index (χ3n) is 3.32. The number of carboxylic acid groups (broad SMARTS) is 1. The highest BCUT2D eigenvalue weighted by molar-refractivity contribution is 6.56. The summed E-state index contributed by atoms with van der Waals surface area (Å²) in [5.74, 6) is -4.99. The van der Waals surface area contributed by atoms with E-state index in [0.717, 1.165) is 6.92 Å². The Bertz CT molecular complexity index is 894. The zero-order valence-electron chi connectivity index (χ0n) is 13.5. The van der Waals surface area contributed by atoms with Gasteiger partial charge >= 0.3 is 11.8 Å². The second-order valence-electron chi connectivity index (χ2n) is 5.25. The first-order valence-electron chi connectivity index (χ1n) is 6.88. The van der Waals surface area contributed by atoms with E-state index in [4.69, 9.17) is 125 Å². The van der Waals surface area contributed by atoms with E-state index < -0.39 is 23.3 Å². The van der Waals surface area contributed by atoms with Crippen LogP contribution >= 0.6 is 116 Å². The average molecular weight is 603 g/mol. The Balaban J connectivity index is 2.64. The number of benzene rings is 2. The number of hydrogen-bond acceptors (Lipinski definition) is 3. The highest BCUT2D eigenvalue weighted by Gasteiger charge is 2.42. The molecule has 0 spiro atoms. The van der Waals surface area contributed by atoms with Crippen LogP contribution < -0.4 is 9.47 Å². The SMILES string of the molecule is CC(Oc1c(Cl)c(Cl)c(Cl)c(Cl)c1Cl)(Oc1c(Cl)c(Cl)c(Cl)c(Cl)c1Cl)C(=O)O. The Morgan fingerprint density at radius 1 is 0.586 bits per heavy atom. The molecule has 0 heterocycles. The van der Waals surface area contributed by atoms with Gasteiger partial charge in [-0.25, -0.2) is 4.79 Å². The van der Waals surface area contributed by atoms with Gasteiger partial charge < -0.3 is 14.6 Å². The van der Waals surface area contributed by atoms with Crippen LogP contribution in [0.4, 0.5) is 0 Å². The minimum absolute atomic E-state index is 0.156. The number of carboxylic acids is 1. The van der Waals surface area contributed by atoms with Crippen molar-refractivity contribution >= 4 is 122 Å². The average Bonchev–Trinajstić information content (AvgIpc) is 2.68. The molecule has 0 amide bonds. The highest BCUT2D eigenvalue weighted by atomic mass is 35.5. The van der Waals surface area contributed by atoms with Crippen LogP contribution in [0.15, 0.2) is 0 Å². The normalized spacial score (nSPS) is 11.6. The maximum absolute atomic E-state index is 11.9. The van der Waals surface area contributed by atoms with Gasteiger partial charge in [-0.15, -0.1) is 0 Å². The summed E-state index contributed by atoms with van der Waals surface area (Å²) in [6, 6.07) is 0. The minimum atomic E-state index is -2.51. The molecule has 0 saturated heterocycles. The van der Waals surface area contributed by atoms with Crippen molar-refractivity contribution in [1.82, 2.24) is 0 Å². The predicted octanol–water partition coefficient (Wildman–Crippen LogP) is 9.48. The Labute approximate surface area is 214 Å². The first-order valence-corrected chi connectivity index (χ1v) is 10.7. The Morgan fingerprint density at radius 2 is 0.793 bits per heavy atom. The van der Waals surface area contributed by atoms with Crippen molar-refractivity contribution in [2.24, 2.45) is 0 Å². The molecule has 0 unspecified atom stereocenters. The van der Waals surface area contributed by atoms with E-state index >= 15 is 0 Å². The van der Waals surface area contributed by atoms with Crippen LogP contribution in [0.1, 0.15) is 6.92 Å². The fourth-order valence-corrected chi connectivity index (χ4v) is 4.24. The molecule has 14 heteroatoms. The van der Waals surface area contributed by atoms with E-state index in [-0.39, 0.29) is 50.2 Å². The maximum Gasteiger partial charge on any atom is 0.390 e. The van der Waals surface area contributed by atoms with Gasteiger partial charge in [-0.2, -0.15) is 0 Å². The lowest BCUT2D eigenvalue weighted by Gasteiger charge is -2.29. The second-order valence-corrected chi connectivity index (χ2v) is 9.03. The summed E-state index contributed by atoms with van der Waals surface area (Å²) < 4.78 is 10.8. The van der Waals surface area contributed by atoms with Gasteiger partial charge in [0, 0.05) is 6.92 Å². The van der Waals surface area contributed by atoms with Crippen LogP contribution in [0.2, 0.25) is 50.2 Å². The molecule has 0 aliphatic heterocycles. The summed E-state index contributed by atoms with van der Waals surface area (Å²) in [6.45, 7) is 1.00. The molecular weight excluding hydrogens is 599 g/mol. The van der Waals surface area contributed by atoms with Gasteiger partial charge in [0.2, 0.25) is 0 Å². The minimum Gasteiger partial charge on any atom is -0.475 e. The first kappa shape index (κ1) is 25.7. The van der Waals surface area contributed by atoms with E-state index in [1.165, 1.54) is 0 Å². The molecule has 2 rings (SSSR count). The van der Waals surface area contributed by atoms with E-state index in [2.05, 4.69) is 0 Å². The quantitative estimate of drug-likeness (QED) is 0.210. The van der Waals surface area contributed by atoms with Gasteiger partial charge in [-0.1, -0.05) is 116 Å². The lowest BCUT2D eigenvalue weighted by atomic mass is 10.2. The summed E-state index contributed by atoms with van der Waals surface area (Å²) in [4.78, 5) is 11.9. The first-order chi connectivity index (χ1) is 13.2. The van der Waals surface area contributed by atoms with Crippen molar-refractivity contribution in [1.29, 1.82) is 0 Å². The molecule has 0 aromatic heterocycles. The fraction of sp³-hybridized carbons (Fsp3) is 0.133. The Morgan fingerprint density at radius 3 is 1.00 bits per heavy atom. The topological polar surface area (TPSA) is 55.8 Å².